The van der Waals surface area contributed by atoms with Crippen molar-refractivity contribution in [3.8, 4) is 0 Å². The van der Waals surface area contributed by atoms with Crippen LogP contribution in [-0.4, -0.2) is 44.5 Å². The van der Waals surface area contributed by atoms with Crippen molar-refractivity contribution in [3.05, 3.63) is 54.5 Å². The Labute approximate surface area is 140 Å². The molecule has 0 aliphatic carbocycles. The number of amides is 1. The molecule has 4 rings (SSSR count). The molecule has 1 aliphatic heterocycles. The lowest BCUT2D eigenvalue weighted by molar-refractivity contribution is -0.134. The van der Waals surface area contributed by atoms with Crippen LogP contribution < -0.4 is 5.32 Å². The van der Waals surface area contributed by atoms with Gasteiger partial charge in [-0.2, -0.15) is 0 Å². The number of para-hydroxylation sites is 1. The number of carbonyl (C=O) groups is 1. The predicted molar refractivity (Wildman–Crippen MR) is 92.6 cm³/mol. The number of fused-ring (bicyclic) bond motifs is 1. The van der Waals surface area contributed by atoms with E-state index in [1.807, 2.05) is 24.1 Å². The minimum Gasteiger partial charge on any atom is -0.350 e. The molecule has 1 aliphatic rings. The minimum atomic E-state index is 0.165. The Morgan fingerprint density at radius 2 is 1.96 bits per heavy atom. The van der Waals surface area contributed by atoms with Crippen LogP contribution in [-0.2, 0) is 18.3 Å². The summed E-state index contributed by atoms with van der Waals surface area (Å²) in [6, 6.07) is 10.2. The molecule has 1 aromatic carbocycles. The highest BCUT2D eigenvalue weighted by molar-refractivity contribution is 5.89. The van der Waals surface area contributed by atoms with Gasteiger partial charge < -0.3 is 14.8 Å². The molecule has 2 aromatic heterocycles. The lowest BCUT2D eigenvalue weighted by Crippen LogP contribution is -2.57. The van der Waals surface area contributed by atoms with Crippen LogP contribution in [0.25, 0.3) is 10.9 Å². The zero-order chi connectivity index (χ0) is 16.5. The van der Waals surface area contributed by atoms with Crippen LogP contribution in [0.1, 0.15) is 5.56 Å². The van der Waals surface area contributed by atoms with E-state index in [1.165, 1.54) is 0 Å². The van der Waals surface area contributed by atoms with E-state index in [0.717, 1.165) is 16.5 Å². The maximum Gasteiger partial charge on any atom is 0.227 e. The van der Waals surface area contributed by atoms with Gasteiger partial charge in [0, 0.05) is 49.6 Å². The molecule has 1 amide bonds. The quantitative estimate of drug-likeness (QED) is 0.796. The van der Waals surface area contributed by atoms with E-state index in [0.29, 0.717) is 25.5 Å². The van der Waals surface area contributed by atoms with Crippen LogP contribution in [0.3, 0.4) is 0 Å². The van der Waals surface area contributed by atoms with E-state index in [1.54, 1.807) is 18.5 Å². The fourth-order valence-electron chi connectivity index (χ4n) is 3.17. The third kappa shape index (κ3) is 2.71. The van der Waals surface area contributed by atoms with E-state index in [4.69, 9.17) is 0 Å². The smallest absolute Gasteiger partial charge is 0.227 e. The van der Waals surface area contributed by atoms with Gasteiger partial charge in [0.25, 0.3) is 0 Å². The molecule has 24 heavy (non-hydrogen) atoms. The third-order valence-corrected chi connectivity index (χ3v) is 4.45. The van der Waals surface area contributed by atoms with Crippen molar-refractivity contribution in [2.24, 2.45) is 7.05 Å². The molecule has 0 atom stereocenters. The lowest BCUT2D eigenvalue weighted by atomic mass is 10.1. The van der Waals surface area contributed by atoms with Crippen molar-refractivity contribution in [2.75, 3.05) is 18.4 Å². The third-order valence-electron chi connectivity index (χ3n) is 4.45. The SMILES string of the molecule is Cn1cc(CC(=O)N2CC(Nc3ncccn3)C2)c2ccccc21. The predicted octanol–water partition coefficient (Wildman–Crippen LogP) is 1.83. The van der Waals surface area contributed by atoms with E-state index in [2.05, 4.69) is 38.2 Å². The van der Waals surface area contributed by atoms with Gasteiger partial charge in [0.05, 0.1) is 12.5 Å². The molecule has 0 spiro atoms. The molecule has 3 heterocycles. The number of hydrogen-bond acceptors (Lipinski definition) is 4. The Morgan fingerprint density at radius 3 is 2.75 bits per heavy atom. The number of aromatic nitrogens is 3. The number of hydrogen-bond donors (Lipinski definition) is 1. The van der Waals surface area contributed by atoms with Gasteiger partial charge in [-0.3, -0.25) is 4.79 Å². The second-order valence-electron chi connectivity index (χ2n) is 6.17. The monoisotopic (exact) mass is 321 g/mol. The first-order valence-corrected chi connectivity index (χ1v) is 8.05. The number of carbonyl (C=O) groups excluding carboxylic acids is 1. The van der Waals surface area contributed by atoms with E-state index < -0.39 is 0 Å². The molecule has 122 valence electrons. The molecule has 0 radical (unpaired) electrons. The lowest BCUT2D eigenvalue weighted by Gasteiger charge is -2.39. The van der Waals surface area contributed by atoms with Crippen molar-refractivity contribution in [2.45, 2.75) is 12.5 Å². The van der Waals surface area contributed by atoms with Crippen molar-refractivity contribution in [1.29, 1.82) is 0 Å². The molecular weight excluding hydrogens is 302 g/mol. The van der Waals surface area contributed by atoms with Crippen LogP contribution in [0, 0.1) is 0 Å². The van der Waals surface area contributed by atoms with Gasteiger partial charge in [0.15, 0.2) is 0 Å². The summed E-state index contributed by atoms with van der Waals surface area (Å²) in [5.41, 5.74) is 2.24. The largest absolute Gasteiger partial charge is 0.350 e. The standard InChI is InChI=1S/C18H19N5O/c1-22-10-13(15-5-2-3-6-16(15)22)9-17(24)23-11-14(12-23)21-18-19-7-4-8-20-18/h2-8,10,14H,9,11-12H2,1H3,(H,19,20,21). The number of benzene rings is 1. The van der Waals surface area contributed by atoms with E-state index in [9.17, 15) is 4.79 Å². The van der Waals surface area contributed by atoms with Crippen molar-refractivity contribution in [1.82, 2.24) is 19.4 Å². The summed E-state index contributed by atoms with van der Waals surface area (Å²) in [4.78, 5) is 22.7. The normalized spacial score (nSPS) is 14.6. The number of rotatable bonds is 4. The molecule has 6 nitrogen and oxygen atoms in total. The Morgan fingerprint density at radius 1 is 1.21 bits per heavy atom. The molecule has 0 bridgehead atoms. The summed E-state index contributed by atoms with van der Waals surface area (Å²) in [6.45, 7) is 1.39. The highest BCUT2D eigenvalue weighted by Gasteiger charge is 2.31. The van der Waals surface area contributed by atoms with Crippen LogP contribution in [0.2, 0.25) is 0 Å². The maximum atomic E-state index is 12.5. The Balaban J connectivity index is 1.37. The van der Waals surface area contributed by atoms with E-state index in [-0.39, 0.29) is 11.9 Å². The van der Waals surface area contributed by atoms with Crippen molar-refractivity contribution >= 4 is 22.8 Å². The molecule has 1 fully saturated rings. The van der Waals surface area contributed by atoms with Crippen molar-refractivity contribution in [3.63, 3.8) is 0 Å². The second kappa shape index (κ2) is 5.96. The second-order valence-corrected chi connectivity index (χ2v) is 6.17. The zero-order valence-corrected chi connectivity index (χ0v) is 13.5. The summed E-state index contributed by atoms with van der Waals surface area (Å²) < 4.78 is 2.07. The summed E-state index contributed by atoms with van der Waals surface area (Å²) in [7, 11) is 2.01. The van der Waals surface area contributed by atoms with Gasteiger partial charge in [-0.05, 0) is 17.7 Å². The van der Waals surface area contributed by atoms with Crippen LogP contribution in [0.4, 0.5) is 5.95 Å². The first-order chi connectivity index (χ1) is 11.7. The van der Waals surface area contributed by atoms with Gasteiger partial charge in [-0.15, -0.1) is 0 Å². The fourth-order valence-corrected chi connectivity index (χ4v) is 3.17. The molecule has 0 saturated carbocycles. The number of nitrogens with one attached hydrogen (secondary N) is 1. The van der Waals surface area contributed by atoms with Gasteiger partial charge >= 0.3 is 0 Å². The number of nitrogens with zero attached hydrogens (tertiary/aromatic N) is 4. The Bertz CT molecular complexity index is 868. The maximum absolute atomic E-state index is 12.5. The first-order valence-electron chi connectivity index (χ1n) is 8.05. The molecule has 3 aromatic rings. The summed E-state index contributed by atoms with van der Waals surface area (Å²) >= 11 is 0. The first kappa shape index (κ1) is 14.7. The van der Waals surface area contributed by atoms with Gasteiger partial charge in [0.1, 0.15) is 0 Å². The average molecular weight is 321 g/mol. The summed E-state index contributed by atoms with van der Waals surface area (Å²) in [5.74, 6) is 0.780. The Hall–Kier alpha value is -2.89. The fraction of sp³-hybridized carbons (Fsp3) is 0.278. The Kier molecular flexibility index (Phi) is 3.65. The van der Waals surface area contributed by atoms with Crippen LogP contribution >= 0.6 is 0 Å². The van der Waals surface area contributed by atoms with E-state index >= 15 is 0 Å². The molecule has 0 unspecified atom stereocenters. The molecule has 6 heteroatoms. The molecule has 1 saturated heterocycles. The molecular formula is C18H19N5O. The topological polar surface area (TPSA) is 63.1 Å². The number of aryl methyl sites for hydroxylation is 1. The van der Waals surface area contributed by atoms with Gasteiger partial charge in [-0.1, -0.05) is 18.2 Å². The van der Waals surface area contributed by atoms with Gasteiger partial charge in [-0.25, -0.2) is 9.97 Å². The summed E-state index contributed by atoms with van der Waals surface area (Å²) in [5, 5.41) is 4.39. The van der Waals surface area contributed by atoms with Crippen LogP contribution in [0.5, 0.6) is 0 Å². The number of likely N-dealkylation sites (tertiary alicyclic amines) is 1. The van der Waals surface area contributed by atoms with Crippen LogP contribution in [0.15, 0.2) is 48.9 Å². The minimum absolute atomic E-state index is 0.165. The van der Waals surface area contributed by atoms with Gasteiger partial charge in [0.2, 0.25) is 11.9 Å². The number of anilines is 1. The molecule has 1 N–H and O–H groups in total. The summed E-state index contributed by atoms with van der Waals surface area (Å²) in [6.07, 6.45) is 5.90. The van der Waals surface area contributed by atoms with Crippen molar-refractivity contribution < 1.29 is 4.79 Å². The highest BCUT2D eigenvalue weighted by Crippen LogP contribution is 2.22. The highest BCUT2D eigenvalue weighted by atomic mass is 16.2. The zero-order valence-electron chi connectivity index (χ0n) is 13.5. The average Bonchev–Trinajstić information content (AvgIpc) is 2.88.